The Labute approximate surface area is 290 Å². The van der Waals surface area contributed by atoms with Gasteiger partial charge in [-0.05, 0) is 34.4 Å². The first-order valence-electron chi connectivity index (χ1n) is 14.1. The minimum absolute atomic E-state index is 0.189. The van der Waals surface area contributed by atoms with Gasteiger partial charge in [-0.1, -0.05) is 27.7 Å². The molecule has 0 spiro atoms. The van der Waals surface area contributed by atoms with E-state index >= 15 is 0 Å². The van der Waals surface area contributed by atoms with Gasteiger partial charge in [0.15, 0.2) is 0 Å². The zero-order chi connectivity index (χ0) is 33.4. The number of hydrogen-bond acceptors (Lipinski definition) is 13. The average Bonchev–Trinajstić information content (AvgIpc) is 3.88. The quantitative estimate of drug-likeness (QED) is 0.161. The molecule has 0 bridgehead atoms. The Balaban J connectivity index is 1.32. The molecule has 0 aromatic carbocycles. The normalized spacial score (nSPS) is 14.8. The van der Waals surface area contributed by atoms with Crippen LogP contribution in [-0.2, 0) is 10.8 Å². The highest BCUT2D eigenvalue weighted by Gasteiger charge is 2.53. The van der Waals surface area contributed by atoms with Gasteiger partial charge in [-0.2, -0.15) is 21.0 Å². The van der Waals surface area contributed by atoms with E-state index in [9.17, 15) is 21.0 Å². The number of fused-ring (bicyclic) bond motifs is 6. The fraction of sp³-hybridized carbons (Fsp3) is 0.235. The Morgan fingerprint density at radius 2 is 1.13 bits per heavy atom. The van der Waals surface area contributed by atoms with E-state index in [2.05, 4.69) is 49.8 Å². The molecule has 2 aliphatic rings. The van der Waals surface area contributed by atoms with Gasteiger partial charge in [0.2, 0.25) is 11.4 Å². The number of nitriles is 4. The SMILES string of the molecule is COc1cc(N=C(C#N)C#N)sc1-c1cc2c(s1)C1=C(c3sc4cc(-c5sc(N=C(C#N)C#N)cc5OC)sc4c3C1(C)C)C2(C)C. The summed E-state index contributed by atoms with van der Waals surface area (Å²) in [5.41, 5.74) is 4.55. The van der Waals surface area contributed by atoms with Gasteiger partial charge in [0.05, 0.1) is 33.6 Å². The third-order valence-corrected chi connectivity index (χ3v) is 14.4. The molecule has 7 rings (SSSR count). The number of aliphatic imine (C=N–C) groups is 2. The average molecular weight is 707 g/mol. The number of rotatable bonds is 6. The van der Waals surface area contributed by atoms with Crippen LogP contribution in [0.5, 0.6) is 11.5 Å². The predicted molar refractivity (Wildman–Crippen MR) is 193 cm³/mol. The molecule has 0 saturated heterocycles. The van der Waals surface area contributed by atoms with E-state index in [1.807, 2.05) is 35.6 Å². The first-order chi connectivity index (χ1) is 22.5. The second-order valence-corrected chi connectivity index (χ2v) is 17.0. The van der Waals surface area contributed by atoms with Gasteiger partial charge in [0.25, 0.3) is 0 Å². The van der Waals surface area contributed by atoms with Crippen LogP contribution in [0.25, 0.3) is 40.1 Å². The van der Waals surface area contributed by atoms with Crippen molar-refractivity contribution in [2.45, 2.75) is 38.5 Å². The van der Waals surface area contributed by atoms with E-state index in [-0.39, 0.29) is 22.3 Å². The highest BCUT2D eigenvalue weighted by Crippen LogP contribution is 2.68. The largest absolute Gasteiger partial charge is 0.495 e. The molecule has 0 N–H and O–H groups in total. The van der Waals surface area contributed by atoms with Crippen LogP contribution in [0.1, 0.15) is 48.6 Å². The van der Waals surface area contributed by atoms with Crippen molar-refractivity contribution in [3.8, 4) is 55.3 Å². The van der Waals surface area contributed by atoms with Gasteiger partial charge in [-0.25, -0.2) is 9.98 Å². The van der Waals surface area contributed by atoms with E-state index in [0.717, 1.165) is 19.5 Å². The van der Waals surface area contributed by atoms with Crippen LogP contribution >= 0.6 is 56.7 Å². The summed E-state index contributed by atoms with van der Waals surface area (Å²) in [6.45, 7) is 9.24. The predicted octanol–water partition coefficient (Wildman–Crippen LogP) is 10.2. The molecule has 5 aromatic rings. The highest BCUT2D eigenvalue weighted by atomic mass is 32.1. The molecule has 2 aliphatic carbocycles. The van der Waals surface area contributed by atoms with Crippen molar-refractivity contribution < 1.29 is 9.47 Å². The summed E-state index contributed by atoms with van der Waals surface area (Å²) in [4.78, 5) is 15.0. The third kappa shape index (κ3) is 4.51. The molecule has 230 valence electrons. The molecule has 0 radical (unpaired) electrons. The van der Waals surface area contributed by atoms with Gasteiger partial charge in [0, 0.05) is 42.3 Å². The lowest BCUT2D eigenvalue weighted by Crippen LogP contribution is -2.16. The highest BCUT2D eigenvalue weighted by molar-refractivity contribution is 7.32. The van der Waals surface area contributed by atoms with Crippen molar-refractivity contribution in [2.75, 3.05) is 14.2 Å². The fourth-order valence-electron chi connectivity index (χ4n) is 6.43. The molecule has 0 atom stereocenters. The van der Waals surface area contributed by atoms with E-state index in [1.165, 1.54) is 64.1 Å². The van der Waals surface area contributed by atoms with E-state index in [0.29, 0.717) is 21.5 Å². The zero-order valence-corrected chi connectivity index (χ0v) is 29.9. The molecule has 0 amide bonds. The lowest BCUT2D eigenvalue weighted by Gasteiger charge is -2.24. The molecule has 0 unspecified atom stereocenters. The summed E-state index contributed by atoms with van der Waals surface area (Å²) in [7, 11) is 3.24. The summed E-state index contributed by atoms with van der Waals surface area (Å²) >= 11 is 8.16. The Kier molecular flexibility index (Phi) is 7.26. The smallest absolute Gasteiger partial charge is 0.219 e. The van der Waals surface area contributed by atoms with Gasteiger partial charge in [0.1, 0.15) is 45.8 Å². The number of allylic oxidation sites excluding steroid dienone is 2. The fourth-order valence-corrected chi connectivity index (χ4v) is 13.3. The molecule has 0 fully saturated rings. The molecular formula is C34H22N6O2S5. The molecule has 13 heteroatoms. The number of nitrogens with zero attached hydrogens (tertiary/aromatic N) is 6. The van der Waals surface area contributed by atoms with Gasteiger partial charge in [-0.15, -0.1) is 56.7 Å². The van der Waals surface area contributed by atoms with Crippen LogP contribution in [0.4, 0.5) is 10.0 Å². The van der Waals surface area contributed by atoms with Gasteiger partial charge in [-0.3, -0.25) is 0 Å². The number of hydrogen-bond donors (Lipinski definition) is 0. The van der Waals surface area contributed by atoms with E-state index in [1.54, 1.807) is 49.0 Å². The topological polar surface area (TPSA) is 138 Å². The molecule has 0 aliphatic heterocycles. The van der Waals surface area contributed by atoms with Crippen LogP contribution < -0.4 is 9.47 Å². The second kappa shape index (κ2) is 11.0. The van der Waals surface area contributed by atoms with Crippen LogP contribution in [0.15, 0.2) is 34.3 Å². The molecule has 5 heterocycles. The summed E-state index contributed by atoms with van der Waals surface area (Å²) in [6.07, 6.45) is 0. The molecule has 47 heavy (non-hydrogen) atoms. The Morgan fingerprint density at radius 1 is 0.617 bits per heavy atom. The lowest BCUT2D eigenvalue weighted by atomic mass is 9.80. The maximum atomic E-state index is 9.20. The van der Waals surface area contributed by atoms with Crippen molar-refractivity contribution in [1.82, 2.24) is 0 Å². The van der Waals surface area contributed by atoms with Crippen molar-refractivity contribution >= 4 is 98.7 Å². The molecule has 8 nitrogen and oxygen atoms in total. The second-order valence-electron chi connectivity index (χ2n) is 11.8. The van der Waals surface area contributed by atoms with Gasteiger partial charge >= 0.3 is 0 Å². The lowest BCUT2D eigenvalue weighted by molar-refractivity contribution is 0.418. The summed E-state index contributed by atoms with van der Waals surface area (Å²) in [6, 6.07) is 15.4. The maximum absolute atomic E-state index is 9.20. The monoisotopic (exact) mass is 706 g/mol. The van der Waals surface area contributed by atoms with Crippen molar-refractivity contribution in [1.29, 1.82) is 21.0 Å². The van der Waals surface area contributed by atoms with Crippen LogP contribution in [0, 0.1) is 45.3 Å². The third-order valence-electron chi connectivity index (χ3n) is 8.47. The van der Waals surface area contributed by atoms with Crippen molar-refractivity contribution in [3.63, 3.8) is 0 Å². The Morgan fingerprint density at radius 3 is 1.64 bits per heavy atom. The Bertz CT molecular complexity index is 2410. The first kappa shape index (κ1) is 31.0. The molecular weight excluding hydrogens is 685 g/mol. The first-order valence-corrected chi connectivity index (χ1v) is 18.2. The van der Waals surface area contributed by atoms with Crippen molar-refractivity contribution in [3.05, 3.63) is 45.1 Å². The van der Waals surface area contributed by atoms with Crippen LogP contribution in [0.2, 0.25) is 0 Å². The molecule has 5 aromatic heterocycles. The maximum Gasteiger partial charge on any atom is 0.219 e. The van der Waals surface area contributed by atoms with Gasteiger partial charge < -0.3 is 9.47 Å². The summed E-state index contributed by atoms with van der Waals surface area (Å²) < 4.78 is 13.9. The van der Waals surface area contributed by atoms with E-state index in [4.69, 9.17) is 9.47 Å². The minimum atomic E-state index is -0.247. The van der Waals surface area contributed by atoms with Crippen molar-refractivity contribution in [2.24, 2.45) is 9.98 Å². The minimum Gasteiger partial charge on any atom is -0.495 e. The Hall–Kier alpha value is -4.60. The zero-order valence-electron chi connectivity index (χ0n) is 25.9. The standard InChI is InChI=1S/C34H22N6O2S5/c1-33(2)17-7-20(29-18(41-5)8-23(46-29)39-15(11-35)12-36)43-28(17)25-26(33)32-27(34(25,3)4)31-22(45-32)10-21(44-31)30-19(42-6)9-24(47-30)40-16(13-37)14-38/h7-10H,1-6H3. The number of ether oxygens (including phenoxy) is 2. The summed E-state index contributed by atoms with van der Waals surface area (Å²) in [5, 5.41) is 37.9. The number of thiophene rings is 5. The number of methoxy groups -OCH3 is 2. The van der Waals surface area contributed by atoms with Crippen LogP contribution in [0.3, 0.4) is 0 Å². The molecule has 0 saturated carbocycles. The van der Waals surface area contributed by atoms with Crippen LogP contribution in [-0.4, -0.2) is 25.6 Å². The van der Waals surface area contributed by atoms with E-state index < -0.39 is 0 Å². The summed E-state index contributed by atoms with van der Waals surface area (Å²) in [5.74, 6) is 1.34.